The summed E-state index contributed by atoms with van der Waals surface area (Å²) in [5.41, 5.74) is 0. The first-order valence-electron chi connectivity index (χ1n) is 7.21. The van der Waals surface area contributed by atoms with E-state index in [1.807, 2.05) is 0 Å². The molecule has 104 valence electrons. The molecule has 0 N–H and O–H groups in total. The number of hydrogen-bond acceptors (Lipinski definition) is 3. The number of aliphatic carboxylic acids is 1. The van der Waals surface area contributed by atoms with Crippen LogP contribution >= 0.6 is 0 Å². The monoisotopic (exact) mass is 255 g/mol. The fraction of sp³-hybridized carbons (Fsp3) is 0.857. The van der Waals surface area contributed by atoms with E-state index < -0.39 is 5.97 Å². The molecule has 1 rings (SSSR count). The van der Waals surface area contributed by atoms with Crippen LogP contribution in [0, 0.1) is 0 Å². The molecule has 0 radical (unpaired) electrons. The lowest BCUT2D eigenvalue weighted by molar-refractivity contribution is -0.520. The molecule has 0 bridgehead atoms. The van der Waals surface area contributed by atoms with E-state index in [0.29, 0.717) is 13.2 Å². The average Bonchev–Trinajstić information content (AvgIpc) is 2.81. The number of carboxylic acid groups (broad SMARTS) is 1. The van der Waals surface area contributed by atoms with E-state index in [4.69, 9.17) is 4.74 Å². The van der Waals surface area contributed by atoms with Crippen molar-refractivity contribution in [1.82, 2.24) is 0 Å². The summed E-state index contributed by atoms with van der Waals surface area (Å²) in [7, 11) is 0. The van der Waals surface area contributed by atoms with Crippen molar-refractivity contribution in [3.05, 3.63) is 0 Å². The van der Waals surface area contributed by atoms with Gasteiger partial charge in [0.1, 0.15) is 6.54 Å². The van der Waals surface area contributed by atoms with Gasteiger partial charge in [-0.15, -0.1) is 0 Å². The minimum atomic E-state index is -1.19. The third-order valence-corrected chi connectivity index (χ3v) is 3.34. The first kappa shape index (κ1) is 15.0. The standard InChI is InChI=1S/C14H25NO3/c1-2-3-4-5-6-7-8-9-10-15-11-12-18-13(15)14(16)17/h2-12H2,1H3. The summed E-state index contributed by atoms with van der Waals surface area (Å²) >= 11 is 0. The van der Waals surface area contributed by atoms with Crippen LogP contribution in [0.25, 0.3) is 0 Å². The maximum Gasteiger partial charge on any atom is 0.386 e. The maximum absolute atomic E-state index is 10.7. The van der Waals surface area contributed by atoms with E-state index in [0.717, 1.165) is 13.0 Å². The maximum atomic E-state index is 10.7. The molecule has 0 aliphatic carbocycles. The van der Waals surface area contributed by atoms with Crippen molar-refractivity contribution in [3.63, 3.8) is 0 Å². The number of carbonyl (C=O) groups is 1. The highest BCUT2D eigenvalue weighted by atomic mass is 16.5. The summed E-state index contributed by atoms with van der Waals surface area (Å²) in [4.78, 5) is 10.7. The summed E-state index contributed by atoms with van der Waals surface area (Å²) < 4.78 is 6.81. The molecule has 0 aromatic carbocycles. The van der Waals surface area contributed by atoms with Gasteiger partial charge in [-0.1, -0.05) is 45.4 Å². The normalized spacial score (nSPS) is 14.9. The fourth-order valence-corrected chi connectivity index (χ4v) is 2.28. The van der Waals surface area contributed by atoms with Gasteiger partial charge in [-0.3, -0.25) is 0 Å². The third kappa shape index (κ3) is 5.52. The molecule has 18 heavy (non-hydrogen) atoms. The third-order valence-electron chi connectivity index (χ3n) is 3.34. The Morgan fingerprint density at radius 2 is 1.78 bits per heavy atom. The molecule has 0 aromatic heterocycles. The van der Waals surface area contributed by atoms with Crippen LogP contribution in [0.2, 0.25) is 0 Å². The first-order chi connectivity index (χ1) is 8.75. The predicted octanol–water partition coefficient (Wildman–Crippen LogP) is 1.32. The Hall–Kier alpha value is -1.06. The second-order valence-corrected chi connectivity index (χ2v) is 4.90. The van der Waals surface area contributed by atoms with Gasteiger partial charge in [0.25, 0.3) is 0 Å². The molecule has 4 heteroatoms. The topological polar surface area (TPSA) is 52.4 Å². The molecule has 1 aliphatic heterocycles. The molecule has 0 aromatic rings. The van der Waals surface area contributed by atoms with Crippen molar-refractivity contribution in [3.8, 4) is 0 Å². The van der Waals surface area contributed by atoms with E-state index in [1.54, 1.807) is 4.58 Å². The van der Waals surface area contributed by atoms with Gasteiger partial charge in [0, 0.05) is 6.42 Å². The highest BCUT2D eigenvalue weighted by molar-refractivity contribution is 6.28. The van der Waals surface area contributed by atoms with Crippen LogP contribution in [0.4, 0.5) is 0 Å². The van der Waals surface area contributed by atoms with Crippen LogP contribution in [0.3, 0.4) is 0 Å². The second kappa shape index (κ2) is 8.95. The number of carbonyl (C=O) groups excluding carboxylic acids is 1. The minimum absolute atomic E-state index is 0.0259. The van der Waals surface area contributed by atoms with Crippen molar-refractivity contribution in [2.75, 3.05) is 19.7 Å². The molecule has 1 aliphatic rings. The smallest absolute Gasteiger partial charge is 0.386 e. The Morgan fingerprint density at radius 3 is 2.39 bits per heavy atom. The molecular formula is C14H25NO3. The van der Waals surface area contributed by atoms with Gasteiger partial charge in [-0.25, -0.2) is 0 Å². The van der Waals surface area contributed by atoms with Gasteiger partial charge in [-0.05, 0) is 6.42 Å². The highest BCUT2D eigenvalue weighted by Crippen LogP contribution is 2.08. The van der Waals surface area contributed by atoms with Gasteiger partial charge in [0.15, 0.2) is 19.1 Å². The largest absolute Gasteiger partial charge is 0.537 e. The van der Waals surface area contributed by atoms with Gasteiger partial charge in [-0.2, -0.15) is 4.58 Å². The molecular weight excluding hydrogens is 230 g/mol. The number of carboxylic acids is 1. The van der Waals surface area contributed by atoms with Gasteiger partial charge >= 0.3 is 5.90 Å². The number of rotatable bonds is 10. The molecule has 4 nitrogen and oxygen atoms in total. The number of unbranched alkanes of at least 4 members (excludes halogenated alkanes) is 7. The summed E-state index contributed by atoms with van der Waals surface area (Å²) in [5.74, 6) is -1.16. The SMILES string of the molecule is CCCCCCCCCC[N+]1=C(C(=O)[O-])OCC1. The average molecular weight is 255 g/mol. The summed E-state index contributed by atoms with van der Waals surface area (Å²) in [6.07, 6.45) is 10.1. The summed E-state index contributed by atoms with van der Waals surface area (Å²) in [5, 5.41) is 10.7. The molecule has 1 heterocycles. The van der Waals surface area contributed by atoms with E-state index in [9.17, 15) is 9.90 Å². The molecule has 0 amide bonds. The Bertz CT molecular complexity index is 287. The molecule has 0 spiro atoms. The van der Waals surface area contributed by atoms with E-state index in [1.165, 1.54) is 44.9 Å². The fourth-order valence-electron chi connectivity index (χ4n) is 2.28. The highest BCUT2D eigenvalue weighted by Gasteiger charge is 2.24. The van der Waals surface area contributed by atoms with Crippen molar-refractivity contribution in [1.29, 1.82) is 0 Å². The lowest BCUT2D eigenvalue weighted by Gasteiger charge is -2.02. The van der Waals surface area contributed by atoms with E-state index in [-0.39, 0.29) is 5.90 Å². The zero-order chi connectivity index (χ0) is 13.2. The number of ether oxygens (including phenoxy) is 1. The number of nitrogens with zero attached hydrogens (tertiary/aromatic N) is 1. The predicted molar refractivity (Wildman–Crippen MR) is 68.6 cm³/mol. The van der Waals surface area contributed by atoms with Crippen LogP contribution in [0.5, 0.6) is 0 Å². The first-order valence-corrected chi connectivity index (χ1v) is 7.21. The van der Waals surface area contributed by atoms with Crippen molar-refractivity contribution in [2.45, 2.75) is 58.3 Å². The van der Waals surface area contributed by atoms with E-state index in [2.05, 4.69) is 6.92 Å². The lowest BCUT2D eigenvalue weighted by atomic mass is 10.1. The van der Waals surface area contributed by atoms with Crippen molar-refractivity contribution in [2.24, 2.45) is 0 Å². The Labute approximate surface area is 110 Å². The van der Waals surface area contributed by atoms with Crippen LogP contribution < -0.4 is 5.11 Å². The Kier molecular flexibility index (Phi) is 7.46. The number of hydrogen-bond donors (Lipinski definition) is 0. The quantitative estimate of drug-likeness (QED) is 0.437. The molecule has 0 saturated heterocycles. The minimum Gasteiger partial charge on any atom is -0.537 e. The zero-order valence-corrected chi connectivity index (χ0v) is 11.5. The Morgan fingerprint density at radius 1 is 1.17 bits per heavy atom. The Balaban J connectivity index is 2.04. The summed E-state index contributed by atoms with van der Waals surface area (Å²) in [6.45, 7) is 4.15. The van der Waals surface area contributed by atoms with Crippen LogP contribution in [0.15, 0.2) is 0 Å². The molecule has 0 fully saturated rings. The molecule has 0 saturated carbocycles. The van der Waals surface area contributed by atoms with Gasteiger partial charge in [0.05, 0.1) is 0 Å². The van der Waals surface area contributed by atoms with Crippen LogP contribution in [-0.4, -0.2) is 36.1 Å². The zero-order valence-electron chi connectivity index (χ0n) is 11.5. The van der Waals surface area contributed by atoms with Crippen molar-refractivity contribution >= 4 is 11.9 Å². The molecule has 0 atom stereocenters. The second-order valence-electron chi connectivity index (χ2n) is 4.90. The lowest BCUT2D eigenvalue weighted by Crippen LogP contribution is -2.36. The van der Waals surface area contributed by atoms with Crippen LogP contribution in [-0.2, 0) is 9.53 Å². The molecule has 0 unspecified atom stereocenters. The van der Waals surface area contributed by atoms with E-state index >= 15 is 0 Å². The van der Waals surface area contributed by atoms with Gasteiger partial charge in [0.2, 0.25) is 0 Å². The van der Waals surface area contributed by atoms with Gasteiger partial charge < -0.3 is 14.6 Å². The van der Waals surface area contributed by atoms with Crippen molar-refractivity contribution < 1.29 is 19.2 Å². The van der Waals surface area contributed by atoms with Crippen LogP contribution in [0.1, 0.15) is 58.3 Å². The summed E-state index contributed by atoms with van der Waals surface area (Å²) in [6, 6.07) is 0.